The van der Waals surface area contributed by atoms with E-state index in [2.05, 4.69) is 26.0 Å². The first-order valence-electron chi connectivity index (χ1n) is 10.8. The van der Waals surface area contributed by atoms with Crippen LogP contribution in [0.1, 0.15) is 30.9 Å². The molecule has 0 radical (unpaired) electrons. The van der Waals surface area contributed by atoms with Crippen LogP contribution in [0, 0.1) is 18.6 Å². The van der Waals surface area contributed by atoms with Gasteiger partial charge in [0.15, 0.2) is 6.20 Å². The lowest BCUT2D eigenvalue weighted by molar-refractivity contribution is -0.660. The van der Waals surface area contributed by atoms with Crippen LogP contribution in [0.25, 0.3) is 44.3 Å². The van der Waals surface area contributed by atoms with E-state index in [4.69, 9.17) is 4.42 Å². The van der Waals surface area contributed by atoms with Crippen LogP contribution in [0.5, 0.6) is 0 Å². The largest absolute Gasteiger partial charge is 0.454 e. The molecular weight excluding hydrogens is 404 g/mol. The second-order valence-electron chi connectivity index (χ2n) is 8.63. The van der Waals surface area contributed by atoms with Crippen LogP contribution in [-0.2, 0) is 7.05 Å². The molecule has 0 saturated heterocycles. The Balaban J connectivity index is 1.91. The molecule has 4 heteroatoms. The van der Waals surface area contributed by atoms with Crippen molar-refractivity contribution >= 4 is 21.9 Å². The number of aryl methyl sites for hydroxylation is 2. The first-order chi connectivity index (χ1) is 15.4. The number of fused-ring (bicyclic) bond motifs is 3. The summed E-state index contributed by atoms with van der Waals surface area (Å²) < 4.78 is 38.4. The van der Waals surface area contributed by atoms with Gasteiger partial charge in [0, 0.05) is 23.6 Å². The number of hydrogen-bond donors (Lipinski definition) is 0. The lowest BCUT2D eigenvalue weighted by Crippen LogP contribution is -2.31. The van der Waals surface area contributed by atoms with E-state index in [-0.39, 0.29) is 11.1 Å². The van der Waals surface area contributed by atoms with Crippen LogP contribution < -0.4 is 4.57 Å². The minimum absolute atomic E-state index is 0.234. The van der Waals surface area contributed by atoms with Crippen LogP contribution in [0.3, 0.4) is 0 Å². The summed E-state index contributed by atoms with van der Waals surface area (Å²) in [5, 5.41) is 0.953. The van der Waals surface area contributed by atoms with Crippen LogP contribution in [0.15, 0.2) is 71.3 Å². The van der Waals surface area contributed by atoms with Crippen molar-refractivity contribution in [2.45, 2.75) is 26.7 Å². The van der Waals surface area contributed by atoms with Crippen molar-refractivity contribution in [1.29, 1.82) is 0 Å². The van der Waals surface area contributed by atoms with Gasteiger partial charge in [-0.25, -0.2) is 13.3 Å². The minimum atomic E-state index is -0.633. The van der Waals surface area contributed by atoms with Gasteiger partial charge in [0.1, 0.15) is 29.8 Å². The van der Waals surface area contributed by atoms with Crippen molar-refractivity contribution in [3.8, 4) is 22.4 Å². The number of hydrogen-bond acceptors (Lipinski definition) is 1. The molecule has 0 aliphatic rings. The minimum Gasteiger partial charge on any atom is -0.454 e. The molecule has 0 unspecified atom stereocenters. The van der Waals surface area contributed by atoms with E-state index in [1.807, 2.05) is 55.1 Å². The van der Waals surface area contributed by atoms with E-state index in [1.54, 1.807) is 12.1 Å². The molecule has 0 bridgehead atoms. The Morgan fingerprint density at radius 1 is 0.844 bits per heavy atom. The fourth-order valence-corrected chi connectivity index (χ4v) is 4.42. The summed E-state index contributed by atoms with van der Waals surface area (Å²) in [6.45, 7) is 6.31. The molecule has 32 heavy (non-hydrogen) atoms. The van der Waals surface area contributed by atoms with Gasteiger partial charge in [-0.3, -0.25) is 0 Å². The molecule has 0 spiro atoms. The molecule has 0 saturated carbocycles. The zero-order valence-corrected chi connectivity index (χ0v) is 18.5. The zero-order chi connectivity index (χ0) is 22.6. The van der Waals surface area contributed by atoms with Gasteiger partial charge in [0.2, 0.25) is 5.69 Å². The third kappa shape index (κ3) is 3.10. The number of furan rings is 1. The van der Waals surface area contributed by atoms with Crippen molar-refractivity contribution in [1.82, 2.24) is 0 Å². The van der Waals surface area contributed by atoms with E-state index in [9.17, 15) is 4.39 Å². The fraction of sp³-hybridized carbons (Fsp3) is 0.179. The van der Waals surface area contributed by atoms with E-state index < -0.39 is 11.6 Å². The van der Waals surface area contributed by atoms with Crippen molar-refractivity contribution < 1.29 is 17.8 Å². The molecule has 5 rings (SSSR count). The SMILES string of the molecule is Cc1ccc2c(oc3c(-c4ccccc4)c(F)cc(F)c32)c1-c1cc(C(C)C)cc[n+]1C. The number of rotatable bonds is 3. The highest BCUT2D eigenvalue weighted by Crippen LogP contribution is 2.42. The monoisotopic (exact) mass is 428 g/mol. The first kappa shape index (κ1) is 20.4. The maximum absolute atomic E-state index is 15.1. The van der Waals surface area contributed by atoms with Gasteiger partial charge < -0.3 is 4.42 Å². The summed E-state index contributed by atoms with van der Waals surface area (Å²) in [5.74, 6) is -0.890. The van der Waals surface area contributed by atoms with Crippen molar-refractivity contribution in [3.63, 3.8) is 0 Å². The highest BCUT2D eigenvalue weighted by atomic mass is 19.1. The van der Waals surface area contributed by atoms with Crippen LogP contribution in [-0.4, -0.2) is 0 Å². The van der Waals surface area contributed by atoms with Gasteiger partial charge in [-0.05, 0) is 29.5 Å². The second-order valence-corrected chi connectivity index (χ2v) is 8.63. The molecule has 0 atom stereocenters. The molecule has 0 N–H and O–H groups in total. The Morgan fingerprint density at radius 2 is 1.59 bits per heavy atom. The summed E-state index contributed by atoms with van der Waals surface area (Å²) in [5.41, 5.74) is 5.81. The third-order valence-electron chi connectivity index (χ3n) is 6.18. The van der Waals surface area contributed by atoms with Crippen molar-refractivity contribution in [2.75, 3.05) is 0 Å². The van der Waals surface area contributed by atoms with Gasteiger partial charge >= 0.3 is 0 Å². The highest BCUT2D eigenvalue weighted by Gasteiger charge is 2.25. The molecule has 2 heterocycles. The molecule has 2 nitrogen and oxygen atoms in total. The lowest BCUT2D eigenvalue weighted by atomic mass is 9.96. The zero-order valence-electron chi connectivity index (χ0n) is 18.5. The van der Waals surface area contributed by atoms with E-state index in [1.165, 1.54) is 5.56 Å². The summed E-state index contributed by atoms with van der Waals surface area (Å²) in [4.78, 5) is 0. The Bertz CT molecular complexity index is 1480. The van der Waals surface area contributed by atoms with Gasteiger partial charge in [-0.15, -0.1) is 0 Å². The molecule has 5 aromatic rings. The first-order valence-corrected chi connectivity index (χ1v) is 10.8. The molecule has 0 aliphatic carbocycles. The number of halogens is 2. The van der Waals surface area contributed by atoms with Gasteiger partial charge in [-0.1, -0.05) is 56.3 Å². The summed E-state index contributed by atoms with van der Waals surface area (Å²) >= 11 is 0. The third-order valence-corrected chi connectivity index (χ3v) is 6.18. The second kappa shape index (κ2) is 7.56. The normalized spacial score (nSPS) is 11.7. The Hall–Kier alpha value is -3.53. The lowest BCUT2D eigenvalue weighted by Gasteiger charge is -2.09. The number of aromatic nitrogens is 1. The molecule has 2 aromatic heterocycles. The van der Waals surface area contributed by atoms with Gasteiger partial charge in [-0.2, -0.15) is 0 Å². The Labute approximate surface area is 185 Å². The highest BCUT2D eigenvalue weighted by molar-refractivity contribution is 6.13. The van der Waals surface area contributed by atoms with Crippen molar-refractivity contribution in [2.24, 2.45) is 7.05 Å². The van der Waals surface area contributed by atoms with Gasteiger partial charge in [0.05, 0.1) is 16.5 Å². The van der Waals surface area contributed by atoms with E-state index in [0.29, 0.717) is 27.8 Å². The topological polar surface area (TPSA) is 17.0 Å². The molecule has 0 aliphatic heterocycles. The van der Waals surface area contributed by atoms with Crippen LogP contribution in [0.4, 0.5) is 8.78 Å². The number of nitrogens with zero attached hydrogens (tertiary/aromatic N) is 1. The van der Waals surface area contributed by atoms with Crippen LogP contribution >= 0.6 is 0 Å². The number of pyridine rings is 1. The molecular formula is C28H24F2NO+. The predicted octanol–water partition coefficient (Wildman–Crippen LogP) is 7.45. The maximum atomic E-state index is 15.1. The average Bonchev–Trinajstić information content (AvgIpc) is 3.14. The Morgan fingerprint density at radius 3 is 2.31 bits per heavy atom. The van der Waals surface area contributed by atoms with Crippen molar-refractivity contribution in [3.05, 3.63) is 89.6 Å². The van der Waals surface area contributed by atoms with E-state index >= 15 is 4.39 Å². The maximum Gasteiger partial charge on any atom is 0.216 e. The molecule has 160 valence electrons. The summed E-state index contributed by atoms with van der Waals surface area (Å²) in [6.07, 6.45) is 2.03. The Kier molecular flexibility index (Phi) is 4.81. The summed E-state index contributed by atoms with van der Waals surface area (Å²) in [7, 11) is 1.98. The number of benzene rings is 3. The predicted molar refractivity (Wildman–Crippen MR) is 125 cm³/mol. The standard InChI is InChI=1S/C28H24F2NO/c1-16(2)19-12-13-31(4)23(14-19)24-17(3)10-11-20-26-22(30)15-21(29)25(28(26)32-27(20)24)18-8-6-5-7-9-18/h5-16H,1-4H3/q+1. The molecule has 0 fully saturated rings. The molecule has 3 aromatic carbocycles. The van der Waals surface area contributed by atoms with E-state index in [0.717, 1.165) is 22.9 Å². The average molecular weight is 429 g/mol. The smallest absolute Gasteiger partial charge is 0.216 e. The molecule has 0 amide bonds. The van der Waals surface area contributed by atoms with Gasteiger partial charge in [0.25, 0.3) is 0 Å². The summed E-state index contributed by atoms with van der Waals surface area (Å²) in [6, 6.07) is 18.2. The quantitative estimate of drug-likeness (QED) is 0.273. The van der Waals surface area contributed by atoms with Crippen LogP contribution in [0.2, 0.25) is 0 Å². The fourth-order valence-electron chi connectivity index (χ4n) is 4.42.